The molecule has 0 spiro atoms. The van der Waals surface area contributed by atoms with Crippen LogP contribution in [0.4, 0.5) is 0 Å². The maximum absolute atomic E-state index is 12.5. The van der Waals surface area contributed by atoms with Gasteiger partial charge in [0.25, 0.3) is 5.56 Å². The van der Waals surface area contributed by atoms with Crippen LogP contribution in [0.25, 0.3) is 11.5 Å². The molecule has 0 saturated heterocycles. The van der Waals surface area contributed by atoms with E-state index in [0.29, 0.717) is 31.0 Å². The van der Waals surface area contributed by atoms with Gasteiger partial charge in [-0.2, -0.15) is 5.10 Å². The van der Waals surface area contributed by atoms with Crippen molar-refractivity contribution in [1.82, 2.24) is 15.1 Å². The zero-order valence-corrected chi connectivity index (χ0v) is 15.3. The van der Waals surface area contributed by atoms with E-state index >= 15 is 0 Å². The molecule has 140 valence electrons. The van der Waals surface area contributed by atoms with E-state index in [1.807, 2.05) is 37.3 Å². The van der Waals surface area contributed by atoms with Crippen molar-refractivity contribution in [3.63, 3.8) is 0 Å². The highest BCUT2D eigenvalue weighted by Crippen LogP contribution is 2.19. The lowest BCUT2D eigenvalue weighted by Gasteiger charge is -2.15. The van der Waals surface area contributed by atoms with Gasteiger partial charge in [-0.05, 0) is 36.6 Å². The Kier molecular flexibility index (Phi) is 6.20. The monoisotopic (exact) mass is 365 g/mol. The molecule has 0 bridgehead atoms. The van der Waals surface area contributed by atoms with Gasteiger partial charge in [-0.1, -0.05) is 37.3 Å². The van der Waals surface area contributed by atoms with E-state index in [4.69, 9.17) is 4.42 Å². The second-order valence-corrected chi connectivity index (χ2v) is 6.27. The molecule has 1 amide bonds. The molecular weight excluding hydrogens is 342 g/mol. The van der Waals surface area contributed by atoms with Crippen molar-refractivity contribution in [3.8, 4) is 11.5 Å². The summed E-state index contributed by atoms with van der Waals surface area (Å²) in [5, 5.41) is 7.29. The van der Waals surface area contributed by atoms with E-state index in [2.05, 4.69) is 10.4 Å². The zero-order chi connectivity index (χ0) is 19.1. The van der Waals surface area contributed by atoms with Crippen LogP contribution >= 0.6 is 0 Å². The van der Waals surface area contributed by atoms with Gasteiger partial charge in [0, 0.05) is 19.2 Å². The SMILES string of the molecule is CC[C@H](C(=O)NCCCn1nc(-c2ccco2)ccc1=O)c1ccccc1. The standard InChI is InChI=1S/C21H23N3O3/c1-2-17(16-8-4-3-5-9-16)21(26)22-13-7-14-24-20(25)12-11-18(23-24)19-10-6-15-27-19/h3-6,8-12,15,17H,2,7,13-14H2,1H3,(H,22,26)/t17-/m0/s1. The van der Waals surface area contributed by atoms with Gasteiger partial charge in [-0.25, -0.2) is 4.68 Å². The lowest BCUT2D eigenvalue weighted by Crippen LogP contribution is -2.31. The summed E-state index contributed by atoms with van der Waals surface area (Å²) in [6.07, 6.45) is 2.92. The third kappa shape index (κ3) is 4.73. The van der Waals surface area contributed by atoms with Gasteiger partial charge in [0.05, 0.1) is 12.2 Å². The highest BCUT2D eigenvalue weighted by molar-refractivity contribution is 5.83. The molecule has 3 aromatic rings. The van der Waals surface area contributed by atoms with Crippen LogP contribution in [0.1, 0.15) is 31.2 Å². The van der Waals surface area contributed by atoms with E-state index in [9.17, 15) is 9.59 Å². The summed E-state index contributed by atoms with van der Waals surface area (Å²) < 4.78 is 6.72. The summed E-state index contributed by atoms with van der Waals surface area (Å²) >= 11 is 0. The molecule has 0 aliphatic carbocycles. The van der Waals surface area contributed by atoms with E-state index in [0.717, 1.165) is 12.0 Å². The molecular formula is C21H23N3O3. The van der Waals surface area contributed by atoms with Crippen molar-refractivity contribution in [1.29, 1.82) is 0 Å². The van der Waals surface area contributed by atoms with Crippen LogP contribution < -0.4 is 10.9 Å². The normalized spacial score (nSPS) is 11.9. The smallest absolute Gasteiger partial charge is 0.266 e. The van der Waals surface area contributed by atoms with Crippen LogP contribution in [0, 0.1) is 0 Å². The summed E-state index contributed by atoms with van der Waals surface area (Å²) in [6, 6.07) is 16.5. The number of carbonyl (C=O) groups excluding carboxylic acids is 1. The van der Waals surface area contributed by atoms with E-state index < -0.39 is 0 Å². The lowest BCUT2D eigenvalue weighted by molar-refractivity contribution is -0.122. The molecule has 0 saturated carbocycles. The molecule has 1 aromatic carbocycles. The Hall–Kier alpha value is -3.15. The van der Waals surface area contributed by atoms with Crippen molar-refractivity contribution < 1.29 is 9.21 Å². The maximum atomic E-state index is 12.5. The van der Waals surface area contributed by atoms with Crippen LogP contribution in [0.15, 0.2) is 70.1 Å². The first-order valence-corrected chi connectivity index (χ1v) is 9.13. The number of nitrogens with one attached hydrogen (secondary N) is 1. The average Bonchev–Trinajstić information content (AvgIpc) is 3.23. The number of amides is 1. The van der Waals surface area contributed by atoms with Gasteiger partial charge < -0.3 is 9.73 Å². The number of aromatic nitrogens is 2. The molecule has 0 radical (unpaired) electrons. The average molecular weight is 365 g/mol. The van der Waals surface area contributed by atoms with Crippen molar-refractivity contribution in [2.45, 2.75) is 32.2 Å². The van der Waals surface area contributed by atoms with Gasteiger partial charge in [0.2, 0.25) is 5.91 Å². The minimum Gasteiger partial charge on any atom is -0.463 e. The minimum atomic E-state index is -0.174. The van der Waals surface area contributed by atoms with Crippen molar-refractivity contribution >= 4 is 5.91 Å². The van der Waals surface area contributed by atoms with Gasteiger partial charge in [0.15, 0.2) is 5.76 Å². The van der Waals surface area contributed by atoms with Crippen LogP contribution in [-0.2, 0) is 11.3 Å². The quantitative estimate of drug-likeness (QED) is 0.622. The number of aryl methyl sites for hydroxylation is 1. The van der Waals surface area contributed by atoms with Crippen molar-refractivity contribution in [3.05, 3.63) is 76.8 Å². The number of carbonyl (C=O) groups is 1. The molecule has 0 fully saturated rings. The lowest BCUT2D eigenvalue weighted by atomic mass is 9.96. The molecule has 27 heavy (non-hydrogen) atoms. The highest BCUT2D eigenvalue weighted by Gasteiger charge is 2.17. The first kappa shape index (κ1) is 18.6. The molecule has 0 unspecified atom stereocenters. The first-order chi connectivity index (χ1) is 13.2. The van der Waals surface area contributed by atoms with Crippen molar-refractivity contribution in [2.75, 3.05) is 6.54 Å². The number of hydrogen-bond donors (Lipinski definition) is 1. The number of rotatable bonds is 8. The Morgan fingerprint density at radius 1 is 1.15 bits per heavy atom. The largest absolute Gasteiger partial charge is 0.463 e. The molecule has 2 aromatic heterocycles. The summed E-state index contributed by atoms with van der Waals surface area (Å²) in [7, 11) is 0. The Balaban J connectivity index is 1.55. The van der Waals surface area contributed by atoms with Crippen LogP contribution in [0.2, 0.25) is 0 Å². The fraction of sp³-hybridized carbons (Fsp3) is 0.286. The Morgan fingerprint density at radius 3 is 2.67 bits per heavy atom. The maximum Gasteiger partial charge on any atom is 0.266 e. The molecule has 1 atom stereocenters. The molecule has 3 rings (SSSR count). The number of benzene rings is 1. The summed E-state index contributed by atoms with van der Waals surface area (Å²) in [4.78, 5) is 24.4. The van der Waals surface area contributed by atoms with Crippen LogP contribution in [0.3, 0.4) is 0 Å². The van der Waals surface area contributed by atoms with Crippen molar-refractivity contribution in [2.24, 2.45) is 0 Å². The van der Waals surface area contributed by atoms with Gasteiger partial charge in [0.1, 0.15) is 5.69 Å². The molecule has 1 N–H and O–H groups in total. The number of hydrogen-bond acceptors (Lipinski definition) is 4. The third-order valence-corrected chi connectivity index (χ3v) is 4.41. The second-order valence-electron chi connectivity index (χ2n) is 6.27. The minimum absolute atomic E-state index is 0.00772. The summed E-state index contributed by atoms with van der Waals surface area (Å²) in [5.74, 6) is 0.466. The predicted octanol–water partition coefficient (Wildman–Crippen LogP) is 3.20. The molecule has 0 aliphatic rings. The molecule has 0 aliphatic heterocycles. The molecule has 6 heteroatoms. The highest BCUT2D eigenvalue weighted by atomic mass is 16.3. The number of nitrogens with zero attached hydrogens (tertiary/aromatic N) is 2. The topological polar surface area (TPSA) is 77.1 Å². The summed E-state index contributed by atoms with van der Waals surface area (Å²) in [5.41, 5.74) is 1.45. The molecule has 6 nitrogen and oxygen atoms in total. The Morgan fingerprint density at radius 2 is 1.96 bits per heavy atom. The number of furan rings is 1. The van der Waals surface area contributed by atoms with Gasteiger partial charge in [-0.15, -0.1) is 0 Å². The third-order valence-electron chi connectivity index (χ3n) is 4.41. The second kappa shape index (κ2) is 8.98. The fourth-order valence-electron chi connectivity index (χ4n) is 2.99. The van der Waals surface area contributed by atoms with E-state index in [1.54, 1.807) is 24.5 Å². The van der Waals surface area contributed by atoms with E-state index in [-0.39, 0.29) is 17.4 Å². The van der Waals surface area contributed by atoms with Crippen LogP contribution in [-0.4, -0.2) is 22.2 Å². The van der Waals surface area contributed by atoms with Gasteiger partial charge in [-0.3, -0.25) is 9.59 Å². The molecule has 2 heterocycles. The van der Waals surface area contributed by atoms with E-state index in [1.165, 1.54) is 10.7 Å². The Bertz CT molecular complexity index is 917. The van der Waals surface area contributed by atoms with Gasteiger partial charge >= 0.3 is 0 Å². The Labute approximate surface area is 157 Å². The van der Waals surface area contributed by atoms with Crippen LogP contribution in [0.5, 0.6) is 0 Å². The first-order valence-electron chi connectivity index (χ1n) is 9.13. The zero-order valence-electron chi connectivity index (χ0n) is 15.3. The fourth-order valence-corrected chi connectivity index (χ4v) is 2.99. The predicted molar refractivity (Wildman–Crippen MR) is 103 cm³/mol. The summed E-state index contributed by atoms with van der Waals surface area (Å²) in [6.45, 7) is 2.91.